The third kappa shape index (κ3) is 7.49. The fraction of sp³-hybridized carbons (Fsp3) is 0.286. The van der Waals surface area contributed by atoms with Crippen LogP contribution in [0.3, 0.4) is 0 Å². The van der Waals surface area contributed by atoms with Gasteiger partial charge in [-0.2, -0.15) is 0 Å². The maximum Gasteiger partial charge on any atom is 0.262 e. The number of benzene rings is 3. The molecular formula is C28H31BrN2O5. The summed E-state index contributed by atoms with van der Waals surface area (Å²) in [7, 11) is 0. The molecule has 0 fully saturated rings. The molecule has 3 aromatic rings. The number of carbonyl (C=O) groups excluding carboxylic acids is 2. The van der Waals surface area contributed by atoms with Gasteiger partial charge in [-0.05, 0) is 66.0 Å². The summed E-state index contributed by atoms with van der Waals surface area (Å²) >= 11 is 3.51. The summed E-state index contributed by atoms with van der Waals surface area (Å²) in [4.78, 5) is 25.4. The van der Waals surface area contributed by atoms with Gasteiger partial charge in [0.15, 0.2) is 6.61 Å². The predicted molar refractivity (Wildman–Crippen MR) is 145 cm³/mol. The minimum absolute atomic E-state index is 0.187. The van der Waals surface area contributed by atoms with E-state index in [0.717, 1.165) is 17.3 Å². The van der Waals surface area contributed by atoms with E-state index in [9.17, 15) is 9.59 Å². The number of aryl methyl sites for hydroxylation is 1. The van der Waals surface area contributed by atoms with Gasteiger partial charge in [0.25, 0.3) is 11.8 Å². The first-order valence-corrected chi connectivity index (χ1v) is 12.8. The van der Waals surface area contributed by atoms with E-state index in [0.29, 0.717) is 47.4 Å². The van der Waals surface area contributed by atoms with Crippen LogP contribution >= 0.6 is 15.9 Å². The standard InChI is InChI=1S/C28H31BrN2O5/c1-4-10-19-13-14-24(21(29)15-19)36-18-27(32)30-22-16-26(35-6-3)23(17-25(22)34-5-2)31-28(33)20-11-8-7-9-12-20/h7-9,11-17H,4-6,10,18H2,1-3H3,(H,30,32)(H,31,33). The van der Waals surface area contributed by atoms with E-state index in [-0.39, 0.29) is 18.4 Å². The van der Waals surface area contributed by atoms with Crippen LogP contribution in [0, 0.1) is 0 Å². The van der Waals surface area contributed by atoms with Crippen molar-refractivity contribution >= 4 is 39.1 Å². The Morgan fingerprint density at radius 2 is 1.42 bits per heavy atom. The lowest BCUT2D eigenvalue weighted by atomic mass is 10.1. The van der Waals surface area contributed by atoms with Crippen LogP contribution in [0.1, 0.15) is 43.1 Å². The number of anilines is 2. The summed E-state index contributed by atoms with van der Waals surface area (Å²) in [5.41, 5.74) is 2.58. The molecular weight excluding hydrogens is 524 g/mol. The van der Waals surface area contributed by atoms with Crippen molar-refractivity contribution in [2.45, 2.75) is 33.6 Å². The first kappa shape index (κ1) is 27.1. The normalized spacial score (nSPS) is 10.4. The zero-order chi connectivity index (χ0) is 25.9. The molecule has 0 unspecified atom stereocenters. The fourth-order valence-corrected chi connectivity index (χ4v) is 4.06. The molecule has 36 heavy (non-hydrogen) atoms. The van der Waals surface area contributed by atoms with E-state index in [1.807, 2.05) is 38.1 Å². The van der Waals surface area contributed by atoms with Crippen LogP contribution in [0.15, 0.2) is 65.1 Å². The van der Waals surface area contributed by atoms with E-state index < -0.39 is 0 Å². The molecule has 0 aliphatic rings. The van der Waals surface area contributed by atoms with Gasteiger partial charge in [-0.25, -0.2) is 0 Å². The second-order valence-corrected chi connectivity index (χ2v) is 8.74. The number of rotatable bonds is 12. The van der Waals surface area contributed by atoms with E-state index in [1.54, 1.807) is 36.4 Å². The van der Waals surface area contributed by atoms with Crippen LogP contribution in [0.4, 0.5) is 11.4 Å². The van der Waals surface area contributed by atoms with Crippen molar-refractivity contribution in [3.05, 3.63) is 76.3 Å². The number of ether oxygens (including phenoxy) is 3. The molecule has 0 aliphatic carbocycles. The number of hydrogen-bond acceptors (Lipinski definition) is 5. The lowest BCUT2D eigenvalue weighted by Crippen LogP contribution is -2.21. The Bertz CT molecular complexity index is 1180. The SMILES string of the molecule is CCCc1ccc(OCC(=O)Nc2cc(OCC)c(NC(=O)c3ccccc3)cc2OCC)c(Br)c1. The Labute approximate surface area is 220 Å². The molecule has 0 saturated carbocycles. The highest BCUT2D eigenvalue weighted by Crippen LogP contribution is 2.37. The van der Waals surface area contributed by atoms with Gasteiger partial charge in [0.2, 0.25) is 0 Å². The summed E-state index contributed by atoms with van der Waals surface area (Å²) in [6, 6.07) is 18.0. The summed E-state index contributed by atoms with van der Waals surface area (Å²) in [5.74, 6) is 0.770. The van der Waals surface area contributed by atoms with Gasteiger partial charge in [0.1, 0.15) is 17.2 Å². The van der Waals surface area contributed by atoms with Gasteiger partial charge in [-0.3, -0.25) is 9.59 Å². The van der Waals surface area contributed by atoms with Crippen LogP contribution < -0.4 is 24.8 Å². The Morgan fingerprint density at radius 3 is 2.00 bits per heavy atom. The predicted octanol–water partition coefficient (Wildman–Crippen LogP) is 6.47. The van der Waals surface area contributed by atoms with E-state index in [2.05, 4.69) is 33.5 Å². The number of halogens is 1. The highest BCUT2D eigenvalue weighted by atomic mass is 79.9. The number of nitrogens with one attached hydrogen (secondary N) is 2. The Hall–Kier alpha value is -3.52. The van der Waals surface area contributed by atoms with Gasteiger partial charge in [-0.15, -0.1) is 0 Å². The zero-order valence-electron chi connectivity index (χ0n) is 20.7. The first-order valence-electron chi connectivity index (χ1n) is 12.0. The monoisotopic (exact) mass is 554 g/mol. The maximum absolute atomic E-state index is 12.7. The second kappa shape index (κ2) is 13.5. The molecule has 2 N–H and O–H groups in total. The molecule has 0 radical (unpaired) electrons. The maximum atomic E-state index is 12.7. The van der Waals surface area contributed by atoms with E-state index in [4.69, 9.17) is 14.2 Å². The molecule has 8 heteroatoms. The Balaban J connectivity index is 1.76. The van der Waals surface area contributed by atoms with Crippen molar-refractivity contribution in [1.82, 2.24) is 0 Å². The molecule has 2 amide bonds. The molecule has 0 bridgehead atoms. The quantitative estimate of drug-likeness (QED) is 0.268. The van der Waals surface area contributed by atoms with E-state index in [1.165, 1.54) is 5.56 Å². The van der Waals surface area contributed by atoms with Crippen molar-refractivity contribution in [2.75, 3.05) is 30.5 Å². The third-order valence-electron chi connectivity index (χ3n) is 5.13. The highest BCUT2D eigenvalue weighted by Gasteiger charge is 2.17. The van der Waals surface area contributed by atoms with Crippen molar-refractivity contribution in [3.63, 3.8) is 0 Å². The van der Waals surface area contributed by atoms with Crippen molar-refractivity contribution in [2.24, 2.45) is 0 Å². The molecule has 0 aliphatic heterocycles. The largest absolute Gasteiger partial charge is 0.492 e. The number of amides is 2. The summed E-state index contributed by atoms with van der Waals surface area (Å²) in [6.07, 6.45) is 2.03. The molecule has 0 saturated heterocycles. The Morgan fingerprint density at radius 1 is 0.778 bits per heavy atom. The van der Waals surface area contributed by atoms with Crippen LogP contribution in [0.2, 0.25) is 0 Å². The number of carbonyl (C=O) groups is 2. The zero-order valence-corrected chi connectivity index (χ0v) is 22.3. The average molecular weight is 555 g/mol. The smallest absolute Gasteiger partial charge is 0.262 e. The van der Waals surface area contributed by atoms with Gasteiger partial charge in [0, 0.05) is 17.7 Å². The van der Waals surface area contributed by atoms with Crippen LogP contribution in [0.25, 0.3) is 0 Å². The van der Waals surface area contributed by atoms with Crippen LogP contribution in [0.5, 0.6) is 17.2 Å². The average Bonchev–Trinajstić information content (AvgIpc) is 2.87. The fourth-order valence-electron chi connectivity index (χ4n) is 3.52. The molecule has 190 valence electrons. The molecule has 0 atom stereocenters. The minimum Gasteiger partial charge on any atom is -0.492 e. The van der Waals surface area contributed by atoms with Gasteiger partial charge in [-0.1, -0.05) is 37.6 Å². The third-order valence-corrected chi connectivity index (χ3v) is 5.75. The molecule has 7 nitrogen and oxygen atoms in total. The topological polar surface area (TPSA) is 85.9 Å². The molecule has 3 rings (SSSR count). The van der Waals surface area contributed by atoms with E-state index >= 15 is 0 Å². The lowest BCUT2D eigenvalue weighted by Gasteiger charge is -2.18. The second-order valence-electron chi connectivity index (χ2n) is 7.88. The Kier molecular flexibility index (Phi) is 10.2. The summed E-state index contributed by atoms with van der Waals surface area (Å²) in [5, 5.41) is 5.70. The number of hydrogen-bond donors (Lipinski definition) is 2. The van der Waals surface area contributed by atoms with Crippen molar-refractivity contribution in [3.8, 4) is 17.2 Å². The minimum atomic E-state index is -0.357. The first-order chi connectivity index (χ1) is 17.4. The summed E-state index contributed by atoms with van der Waals surface area (Å²) in [6.45, 7) is 6.37. The van der Waals surface area contributed by atoms with Crippen molar-refractivity contribution < 1.29 is 23.8 Å². The van der Waals surface area contributed by atoms with Crippen molar-refractivity contribution in [1.29, 1.82) is 0 Å². The molecule has 0 aromatic heterocycles. The van der Waals surface area contributed by atoms with Gasteiger partial charge in [0.05, 0.1) is 29.1 Å². The molecule has 3 aromatic carbocycles. The highest BCUT2D eigenvalue weighted by molar-refractivity contribution is 9.10. The van der Waals surface area contributed by atoms with Crippen LogP contribution in [-0.4, -0.2) is 31.6 Å². The summed E-state index contributed by atoms with van der Waals surface area (Å²) < 4.78 is 18.0. The lowest BCUT2D eigenvalue weighted by molar-refractivity contribution is -0.118. The molecule has 0 spiro atoms. The molecule has 0 heterocycles. The van der Waals surface area contributed by atoms with Crippen LogP contribution in [-0.2, 0) is 11.2 Å². The van der Waals surface area contributed by atoms with Gasteiger partial charge >= 0.3 is 0 Å². The van der Waals surface area contributed by atoms with Gasteiger partial charge < -0.3 is 24.8 Å².